The first-order valence-electron chi connectivity index (χ1n) is 9.06. The van der Waals surface area contributed by atoms with Crippen molar-refractivity contribution >= 4 is 34.1 Å². The van der Waals surface area contributed by atoms with Gasteiger partial charge in [-0.2, -0.15) is 4.98 Å². The van der Waals surface area contributed by atoms with Gasteiger partial charge in [-0.25, -0.2) is 4.52 Å². The highest BCUT2D eigenvalue weighted by atomic mass is 32.1. The maximum absolute atomic E-state index is 12.6. The summed E-state index contributed by atoms with van der Waals surface area (Å²) in [5.74, 6) is 0.371. The van der Waals surface area contributed by atoms with E-state index in [0.717, 1.165) is 17.0 Å². The van der Waals surface area contributed by atoms with E-state index in [4.69, 9.17) is 4.74 Å². The van der Waals surface area contributed by atoms with Crippen molar-refractivity contribution in [3.05, 3.63) is 29.6 Å². The van der Waals surface area contributed by atoms with Crippen LogP contribution in [0.5, 0.6) is 5.75 Å². The van der Waals surface area contributed by atoms with Crippen LogP contribution in [-0.2, 0) is 9.59 Å². The summed E-state index contributed by atoms with van der Waals surface area (Å²) < 4.78 is 7.13. The van der Waals surface area contributed by atoms with Crippen molar-refractivity contribution in [3.63, 3.8) is 0 Å². The molecule has 1 aromatic carbocycles. The third-order valence-electron chi connectivity index (χ3n) is 4.85. The van der Waals surface area contributed by atoms with Crippen LogP contribution < -0.4 is 10.1 Å². The Balaban J connectivity index is 1.56. The van der Waals surface area contributed by atoms with Crippen LogP contribution in [0.2, 0.25) is 0 Å². The summed E-state index contributed by atoms with van der Waals surface area (Å²) in [5, 5.41) is 9.15. The SMILES string of the molecule is COc1ccccc1-c1csc2nc(NC(=O)C3CC(=O)N(C(C)C)C3)nn12. The first kappa shape index (κ1) is 18.4. The van der Waals surface area contributed by atoms with Crippen molar-refractivity contribution in [1.29, 1.82) is 0 Å². The number of fused-ring (bicyclic) bond motifs is 1. The van der Waals surface area contributed by atoms with Gasteiger partial charge in [0.2, 0.25) is 22.7 Å². The van der Waals surface area contributed by atoms with Crippen LogP contribution in [0, 0.1) is 5.92 Å². The van der Waals surface area contributed by atoms with Gasteiger partial charge in [0.15, 0.2) is 0 Å². The number of nitrogens with one attached hydrogen (secondary N) is 1. The topological polar surface area (TPSA) is 88.8 Å². The van der Waals surface area contributed by atoms with E-state index in [9.17, 15) is 9.59 Å². The lowest BCUT2D eigenvalue weighted by Crippen LogP contribution is -2.33. The van der Waals surface area contributed by atoms with E-state index in [1.165, 1.54) is 11.3 Å². The average molecular weight is 399 g/mol. The van der Waals surface area contributed by atoms with Crippen molar-refractivity contribution in [3.8, 4) is 17.0 Å². The molecule has 2 amide bonds. The lowest BCUT2D eigenvalue weighted by Gasteiger charge is -2.20. The maximum atomic E-state index is 12.6. The molecule has 0 saturated carbocycles. The molecule has 0 bridgehead atoms. The second-order valence-electron chi connectivity index (χ2n) is 6.98. The third-order valence-corrected chi connectivity index (χ3v) is 5.67. The summed E-state index contributed by atoms with van der Waals surface area (Å²) in [4.78, 5) is 31.4. The number of nitrogens with zero attached hydrogens (tertiary/aromatic N) is 4. The van der Waals surface area contributed by atoms with Crippen molar-refractivity contribution in [1.82, 2.24) is 19.5 Å². The minimum atomic E-state index is -0.384. The number of rotatable bonds is 5. The highest BCUT2D eigenvalue weighted by Crippen LogP contribution is 2.32. The number of hydrogen-bond acceptors (Lipinski definition) is 6. The zero-order valence-corrected chi connectivity index (χ0v) is 16.7. The molecule has 1 unspecified atom stereocenters. The van der Waals surface area contributed by atoms with Gasteiger partial charge < -0.3 is 9.64 Å². The molecule has 1 saturated heterocycles. The predicted octanol–water partition coefficient (Wildman–Crippen LogP) is 2.66. The summed E-state index contributed by atoms with van der Waals surface area (Å²) in [6.45, 7) is 4.32. The van der Waals surface area contributed by atoms with Gasteiger partial charge in [0.25, 0.3) is 0 Å². The lowest BCUT2D eigenvalue weighted by molar-refractivity contribution is -0.129. The smallest absolute Gasteiger partial charge is 0.250 e. The highest BCUT2D eigenvalue weighted by Gasteiger charge is 2.35. The summed E-state index contributed by atoms with van der Waals surface area (Å²) >= 11 is 1.43. The van der Waals surface area contributed by atoms with Gasteiger partial charge >= 0.3 is 0 Å². The van der Waals surface area contributed by atoms with Crippen molar-refractivity contribution < 1.29 is 14.3 Å². The number of ether oxygens (including phenoxy) is 1. The minimum absolute atomic E-state index is 0.00684. The van der Waals surface area contributed by atoms with E-state index >= 15 is 0 Å². The molecule has 4 rings (SSSR count). The molecule has 1 aliphatic heterocycles. The number of aromatic nitrogens is 3. The van der Waals surface area contributed by atoms with Crippen LogP contribution in [-0.4, -0.2) is 51.0 Å². The number of hydrogen-bond donors (Lipinski definition) is 1. The van der Waals surface area contributed by atoms with Crippen LogP contribution in [0.3, 0.4) is 0 Å². The lowest BCUT2D eigenvalue weighted by atomic mass is 10.1. The molecule has 28 heavy (non-hydrogen) atoms. The van der Waals surface area contributed by atoms with Crippen LogP contribution in [0.25, 0.3) is 16.2 Å². The maximum Gasteiger partial charge on any atom is 0.250 e. The molecule has 146 valence electrons. The van der Waals surface area contributed by atoms with E-state index in [0.29, 0.717) is 11.5 Å². The molecule has 0 aliphatic carbocycles. The van der Waals surface area contributed by atoms with Crippen LogP contribution >= 0.6 is 11.3 Å². The predicted molar refractivity (Wildman–Crippen MR) is 106 cm³/mol. The van der Waals surface area contributed by atoms with Gasteiger partial charge in [-0.1, -0.05) is 12.1 Å². The number of anilines is 1. The van der Waals surface area contributed by atoms with Gasteiger partial charge in [-0.05, 0) is 26.0 Å². The van der Waals surface area contributed by atoms with E-state index in [-0.39, 0.29) is 36.1 Å². The molecule has 1 atom stereocenters. The minimum Gasteiger partial charge on any atom is -0.496 e. The molecular weight excluding hydrogens is 378 g/mol. The van der Waals surface area contributed by atoms with E-state index < -0.39 is 0 Å². The molecule has 3 heterocycles. The Labute approximate surface area is 166 Å². The first-order valence-corrected chi connectivity index (χ1v) is 9.94. The van der Waals surface area contributed by atoms with Gasteiger partial charge in [-0.3, -0.25) is 14.9 Å². The third kappa shape index (κ3) is 3.22. The van der Waals surface area contributed by atoms with Crippen molar-refractivity contribution in [2.75, 3.05) is 19.0 Å². The molecular formula is C19H21N5O3S. The Bertz CT molecular complexity index is 1040. The Hall–Kier alpha value is -2.94. The molecule has 1 N–H and O–H groups in total. The molecule has 9 heteroatoms. The monoisotopic (exact) mass is 399 g/mol. The molecule has 1 fully saturated rings. The van der Waals surface area contributed by atoms with Crippen LogP contribution in [0.15, 0.2) is 29.6 Å². The van der Waals surface area contributed by atoms with Gasteiger partial charge in [0.1, 0.15) is 5.75 Å². The summed E-state index contributed by atoms with van der Waals surface area (Å²) in [7, 11) is 1.62. The number of thiazole rings is 1. The molecule has 1 aliphatic rings. The first-order chi connectivity index (χ1) is 13.5. The zero-order valence-electron chi connectivity index (χ0n) is 15.9. The molecule has 3 aromatic rings. The normalized spacial score (nSPS) is 16.9. The quantitative estimate of drug-likeness (QED) is 0.713. The number of carbonyl (C=O) groups excluding carboxylic acids is 2. The highest BCUT2D eigenvalue weighted by molar-refractivity contribution is 7.15. The Morgan fingerprint density at radius 1 is 1.36 bits per heavy atom. The summed E-state index contributed by atoms with van der Waals surface area (Å²) in [5.41, 5.74) is 1.74. The number of benzene rings is 1. The van der Waals surface area contributed by atoms with E-state index in [1.807, 2.05) is 43.5 Å². The molecule has 8 nitrogen and oxygen atoms in total. The largest absolute Gasteiger partial charge is 0.496 e. The van der Waals surface area contributed by atoms with Crippen molar-refractivity contribution in [2.24, 2.45) is 5.92 Å². The average Bonchev–Trinajstić information content (AvgIpc) is 3.35. The fourth-order valence-corrected chi connectivity index (χ4v) is 4.22. The molecule has 2 aromatic heterocycles. The van der Waals surface area contributed by atoms with Crippen LogP contribution in [0.1, 0.15) is 20.3 Å². The van der Waals surface area contributed by atoms with E-state index in [2.05, 4.69) is 15.4 Å². The number of carbonyl (C=O) groups is 2. The van der Waals surface area contributed by atoms with Crippen LogP contribution in [0.4, 0.5) is 5.95 Å². The summed E-state index contributed by atoms with van der Waals surface area (Å²) in [6.07, 6.45) is 0.221. The number of likely N-dealkylation sites (tertiary alicyclic amines) is 1. The Morgan fingerprint density at radius 2 is 2.14 bits per heavy atom. The zero-order chi connectivity index (χ0) is 19.8. The fourth-order valence-electron chi connectivity index (χ4n) is 3.39. The Morgan fingerprint density at radius 3 is 2.86 bits per heavy atom. The molecule has 0 spiro atoms. The fraction of sp³-hybridized carbons (Fsp3) is 0.368. The Kier molecular flexibility index (Phi) is 4.76. The van der Waals surface area contributed by atoms with Crippen molar-refractivity contribution in [2.45, 2.75) is 26.3 Å². The van der Waals surface area contributed by atoms with E-state index in [1.54, 1.807) is 16.5 Å². The van der Waals surface area contributed by atoms with Gasteiger partial charge in [0.05, 0.1) is 18.7 Å². The number of methoxy groups -OCH3 is 1. The number of amides is 2. The number of para-hydroxylation sites is 1. The second kappa shape index (κ2) is 7.23. The van der Waals surface area contributed by atoms with Gasteiger partial charge in [-0.15, -0.1) is 16.4 Å². The van der Waals surface area contributed by atoms with Gasteiger partial charge in [0, 0.05) is 30.0 Å². The second-order valence-corrected chi connectivity index (χ2v) is 7.82. The summed E-state index contributed by atoms with van der Waals surface area (Å²) in [6, 6.07) is 7.76. The standard InChI is InChI=1S/C19H21N5O3S/c1-11(2)23-9-12(8-16(23)25)17(26)20-18-21-19-24(22-18)14(10-28-19)13-6-4-5-7-15(13)27-3/h4-7,10-12H,8-9H2,1-3H3,(H,20,22,26). The molecule has 0 radical (unpaired) electrons.